The molecule has 1 unspecified atom stereocenters. The van der Waals surface area contributed by atoms with Crippen molar-refractivity contribution >= 4 is 5.97 Å². The van der Waals surface area contributed by atoms with Crippen LogP contribution in [0.25, 0.3) is 0 Å². The number of ether oxygens (including phenoxy) is 2. The van der Waals surface area contributed by atoms with Crippen molar-refractivity contribution in [3.05, 3.63) is 0 Å². The van der Waals surface area contributed by atoms with Gasteiger partial charge in [-0.15, -0.1) is 0 Å². The number of hydrogen-bond donors (Lipinski definition) is 0. The molecule has 0 aromatic heterocycles. The van der Waals surface area contributed by atoms with E-state index >= 15 is 0 Å². The van der Waals surface area contributed by atoms with Gasteiger partial charge in [-0.05, 0) is 19.8 Å². The van der Waals surface area contributed by atoms with E-state index in [0.717, 1.165) is 19.3 Å². The fourth-order valence-electron chi connectivity index (χ4n) is 3.24. The highest BCUT2D eigenvalue weighted by atomic mass is 16.6. The lowest BCUT2D eigenvalue weighted by molar-refractivity contribution is -0.145. The molecule has 27 heavy (non-hydrogen) atoms. The molecule has 3 nitrogen and oxygen atoms in total. The van der Waals surface area contributed by atoms with Gasteiger partial charge in [0.1, 0.15) is 6.61 Å². The fraction of sp³-hybridized carbons (Fsp3) is 0.958. The molecule has 0 aromatic carbocycles. The molecule has 0 fully saturated rings. The van der Waals surface area contributed by atoms with Crippen molar-refractivity contribution in [1.29, 1.82) is 0 Å². The fourth-order valence-corrected chi connectivity index (χ4v) is 3.24. The largest absolute Gasteiger partial charge is 0.463 e. The first-order valence-electron chi connectivity index (χ1n) is 12.0. The molecule has 0 amide bonds. The van der Waals surface area contributed by atoms with Crippen molar-refractivity contribution in [2.75, 3.05) is 13.2 Å². The molecule has 162 valence electrons. The van der Waals surface area contributed by atoms with Crippen LogP contribution in [0.1, 0.15) is 130 Å². The third-order valence-electron chi connectivity index (χ3n) is 5.31. The average molecular weight is 385 g/mol. The van der Waals surface area contributed by atoms with Gasteiger partial charge in [0.25, 0.3) is 0 Å². The van der Waals surface area contributed by atoms with Crippen LogP contribution in [0.3, 0.4) is 0 Å². The van der Waals surface area contributed by atoms with Crippen molar-refractivity contribution in [2.45, 2.75) is 136 Å². The predicted octanol–water partition coefficient (Wildman–Crippen LogP) is 7.61. The lowest BCUT2D eigenvalue weighted by Crippen LogP contribution is -2.14. The van der Waals surface area contributed by atoms with E-state index in [1.165, 1.54) is 83.5 Å². The Morgan fingerprint density at radius 2 is 1.11 bits per heavy atom. The Morgan fingerprint density at radius 1 is 0.667 bits per heavy atom. The van der Waals surface area contributed by atoms with E-state index in [4.69, 9.17) is 9.47 Å². The molecular weight excluding hydrogens is 336 g/mol. The van der Waals surface area contributed by atoms with Gasteiger partial charge in [-0.2, -0.15) is 0 Å². The van der Waals surface area contributed by atoms with Crippen LogP contribution in [-0.4, -0.2) is 25.3 Å². The summed E-state index contributed by atoms with van der Waals surface area (Å²) in [5, 5.41) is 0. The minimum Gasteiger partial charge on any atom is -0.463 e. The smallest absolute Gasteiger partial charge is 0.305 e. The quantitative estimate of drug-likeness (QED) is 0.151. The van der Waals surface area contributed by atoms with Gasteiger partial charge in [0.05, 0.1) is 12.7 Å². The number of carbonyl (C=O) groups excluding carboxylic acids is 1. The SMILES string of the molecule is CCCCCCCCCCCCCCCCCC(=O)OCCOC(C)CC. The first-order valence-corrected chi connectivity index (χ1v) is 12.0. The molecule has 0 bridgehead atoms. The van der Waals surface area contributed by atoms with E-state index in [1.54, 1.807) is 0 Å². The lowest BCUT2D eigenvalue weighted by Gasteiger charge is -2.10. The standard InChI is InChI=1S/C24H48O3/c1-4-6-7-8-9-10-11-12-13-14-15-16-17-18-19-20-24(25)27-22-21-26-23(3)5-2/h23H,4-22H2,1-3H3. The minimum absolute atomic E-state index is 0.0718. The normalized spacial score (nSPS) is 12.3. The number of esters is 1. The molecule has 3 heteroatoms. The molecule has 0 heterocycles. The molecule has 0 aliphatic rings. The molecule has 0 aromatic rings. The van der Waals surface area contributed by atoms with Crippen molar-refractivity contribution in [3.63, 3.8) is 0 Å². The molecule has 0 saturated heterocycles. The molecule has 0 aliphatic carbocycles. The minimum atomic E-state index is -0.0718. The monoisotopic (exact) mass is 384 g/mol. The van der Waals surface area contributed by atoms with Crippen LogP contribution in [0.2, 0.25) is 0 Å². The van der Waals surface area contributed by atoms with Crippen LogP contribution in [0.5, 0.6) is 0 Å². The molecule has 1 atom stereocenters. The Morgan fingerprint density at radius 3 is 1.56 bits per heavy atom. The van der Waals surface area contributed by atoms with Crippen LogP contribution >= 0.6 is 0 Å². The molecule has 0 rings (SSSR count). The number of unbranched alkanes of at least 4 members (excludes halogenated alkanes) is 14. The Labute approximate surface area is 170 Å². The highest BCUT2D eigenvalue weighted by Gasteiger charge is 2.03. The number of rotatable bonds is 21. The van der Waals surface area contributed by atoms with Gasteiger partial charge in [0.2, 0.25) is 0 Å². The maximum atomic E-state index is 11.6. The summed E-state index contributed by atoms with van der Waals surface area (Å²) in [6.07, 6.45) is 22.0. The van der Waals surface area contributed by atoms with Crippen LogP contribution in [0, 0.1) is 0 Å². The van der Waals surface area contributed by atoms with Crippen molar-refractivity contribution in [2.24, 2.45) is 0 Å². The topological polar surface area (TPSA) is 35.5 Å². The zero-order chi connectivity index (χ0) is 20.0. The van der Waals surface area contributed by atoms with Gasteiger partial charge < -0.3 is 9.47 Å². The van der Waals surface area contributed by atoms with E-state index < -0.39 is 0 Å². The second kappa shape index (κ2) is 21.7. The van der Waals surface area contributed by atoms with Crippen molar-refractivity contribution < 1.29 is 14.3 Å². The summed E-state index contributed by atoms with van der Waals surface area (Å²) in [5.74, 6) is -0.0718. The van der Waals surface area contributed by atoms with Gasteiger partial charge in [-0.1, -0.05) is 104 Å². The number of hydrogen-bond acceptors (Lipinski definition) is 3. The van der Waals surface area contributed by atoms with Gasteiger partial charge in [0, 0.05) is 6.42 Å². The van der Waals surface area contributed by atoms with E-state index in [1.807, 2.05) is 6.92 Å². The molecule has 0 aliphatic heterocycles. The molecule has 0 N–H and O–H groups in total. The van der Waals surface area contributed by atoms with Crippen molar-refractivity contribution in [3.8, 4) is 0 Å². The Balaban J connectivity index is 3.14. The third kappa shape index (κ3) is 21.6. The molecule has 0 saturated carbocycles. The summed E-state index contributed by atoms with van der Waals surface area (Å²) in [6, 6.07) is 0. The third-order valence-corrected chi connectivity index (χ3v) is 5.31. The maximum absolute atomic E-state index is 11.6. The summed E-state index contributed by atoms with van der Waals surface area (Å²) < 4.78 is 10.7. The van der Waals surface area contributed by atoms with E-state index in [-0.39, 0.29) is 12.1 Å². The second-order valence-corrected chi connectivity index (χ2v) is 8.01. The van der Waals surface area contributed by atoms with E-state index in [0.29, 0.717) is 19.6 Å². The molecule has 0 spiro atoms. The highest BCUT2D eigenvalue weighted by molar-refractivity contribution is 5.69. The summed E-state index contributed by atoms with van der Waals surface area (Å²) in [7, 11) is 0. The van der Waals surface area contributed by atoms with Crippen LogP contribution < -0.4 is 0 Å². The van der Waals surface area contributed by atoms with Gasteiger partial charge in [-0.25, -0.2) is 0 Å². The zero-order valence-electron chi connectivity index (χ0n) is 18.7. The summed E-state index contributed by atoms with van der Waals surface area (Å²) >= 11 is 0. The Kier molecular flexibility index (Phi) is 21.3. The zero-order valence-corrected chi connectivity index (χ0v) is 18.7. The van der Waals surface area contributed by atoms with Gasteiger partial charge in [0.15, 0.2) is 0 Å². The Hall–Kier alpha value is -0.570. The summed E-state index contributed by atoms with van der Waals surface area (Å²) in [6.45, 7) is 7.31. The van der Waals surface area contributed by atoms with Crippen molar-refractivity contribution in [1.82, 2.24) is 0 Å². The van der Waals surface area contributed by atoms with Crippen LogP contribution in [-0.2, 0) is 14.3 Å². The highest BCUT2D eigenvalue weighted by Crippen LogP contribution is 2.13. The van der Waals surface area contributed by atoms with Gasteiger partial charge in [-0.3, -0.25) is 4.79 Å². The first-order chi connectivity index (χ1) is 13.2. The van der Waals surface area contributed by atoms with Crippen LogP contribution in [0.4, 0.5) is 0 Å². The average Bonchev–Trinajstić information content (AvgIpc) is 2.68. The predicted molar refractivity (Wildman–Crippen MR) is 116 cm³/mol. The molecule has 0 radical (unpaired) electrons. The Bertz CT molecular complexity index is 304. The number of carbonyl (C=O) groups is 1. The summed E-state index contributed by atoms with van der Waals surface area (Å²) in [4.78, 5) is 11.6. The van der Waals surface area contributed by atoms with E-state index in [2.05, 4.69) is 13.8 Å². The summed E-state index contributed by atoms with van der Waals surface area (Å²) in [5.41, 5.74) is 0. The second-order valence-electron chi connectivity index (χ2n) is 8.01. The first kappa shape index (κ1) is 26.4. The van der Waals surface area contributed by atoms with Crippen LogP contribution in [0.15, 0.2) is 0 Å². The lowest BCUT2D eigenvalue weighted by atomic mass is 10.0. The van der Waals surface area contributed by atoms with E-state index in [9.17, 15) is 4.79 Å². The molecular formula is C24H48O3. The van der Waals surface area contributed by atoms with Gasteiger partial charge >= 0.3 is 5.97 Å². The maximum Gasteiger partial charge on any atom is 0.305 e.